The number of rotatable bonds is 4. The van der Waals surface area contributed by atoms with Crippen molar-refractivity contribution in [3.8, 4) is 11.3 Å². The molecule has 0 amide bonds. The maximum Gasteiger partial charge on any atom is 0.222 e. The molecule has 2 aromatic heterocycles. The van der Waals surface area contributed by atoms with Crippen LogP contribution in [0.5, 0.6) is 0 Å². The Hall–Kier alpha value is -3.85. The van der Waals surface area contributed by atoms with Gasteiger partial charge in [0.05, 0.1) is 11.2 Å². The Morgan fingerprint density at radius 3 is 2.37 bits per heavy atom. The standard InChI is InChI=1S/C26H26FN7S/c1-32(17-18-5-3-2-4-6-18)26(35)34-15-13-33(14-16-34)24-23-22(30-25(28)31-24)12-11-21(29-23)19-7-9-20(27)10-8-19/h2-12H,13-17H2,1H3,(H2,28,30,31). The molecule has 5 rings (SSSR count). The number of nitrogens with zero attached hydrogens (tertiary/aromatic N) is 6. The second-order valence-electron chi connectivity index (χ2n) is 8.57. The van der Waals surface area contributed by atoms with Crippen LogP contribution in [0.3, 0.4) is 0 Å². The Bertz CT molecular complexity index is 1340. The van der Waals surface area contributed by atoms with Crippen LogP contribution in [0.25, 0.3) is 22.3 Å². The van der Waals surface area contributed by atoms with E-state index in [-0.39, 0.29) is 11.8 Å². The number of hydrogen-bond donors (Lipinski definition) is 1. The summed E-state index contributed by atoms with van der Waals surface area (Å²) in [5.74, 6) is 0.639. The quantitative estimate of drug-likeness (QED) is 0.434. The first-order valence-electron chi connectivity index (χ1n) is 11.5. The van der Waals surface area contributed by atoms with Crippen molar-refractivity contribution in [2.45, 2.75) is 6.54 Å². The van der Waals surface area contributed by atoms with Gasteiger partial charge in [0.25, 0.3) is 0 Å². The van der Waals surface area contributed by atoms with E-state index >= 15 is 0 Å². The lowest BCUT2D eigenvalue weighted by Crippen LogP contribution is -2.52. The van der Waals surface area contributed by atoms with E-state index in [0.717, 1.165) is 49.1 Å². The average molecular weight is 488 g/mol. The van der Waals surface area contributed by atoms with Gasteiger partial charge in [-0.25, -0.2) is 14.4 Å². The molecular formula is C26H26FN7S. The lowest BCUT2D eigenvalue weighted by molar-refractivity contribution is 0.333. The van der Waals surface area contributed by atoms with Crippen molar-refractivity contribution >= 4 is 40.1 Å². The number of benzene rings is 2. The summed E-state index contributed by atoms with van der Waals surface area (Å²) in [6.07, 6.45) is 0. The number of nitrogen functional groups attached to an aromatic ring is 1. The summed E-state index contributed by atoms with van der Waals surface area (Å²) < 4.78 is 13.4. The molecule has 2 N–H and O–H groups in total. The number of halogens is 1. The molecule has 1 aliphatic rings. The molecule has 178 valence electrons. The molecule has 4 aromatic rings. The topological polar surface area (TPSA) is 74.4 Å². The summed E-state index contributed by atoms with van der Waals surface area (Å²) in [5.41, 5.74) is 10.2. The molecule has 0 unspecified atom stereocenters. The number of pyridine rings is 1. The SMILES string of the molecule is CN(Cc1ccccc1)C(=S)N1CCN(c2nc(N)nc3ccc(-c4ccc(F)cc4)nc23)CC1. The van der Waals surface area contributed by atoms with Gasteiger partial charge in [0, 0.05) is 45.3 Å². The molecule has 1 saturated heterocycles. The van der Waals surface area contributed by atoms with Crippen molar-refractivity contribution < 1.29 is 4.39 Å². The smallest absolute Gasteiger partial charge is 0.222 e. The first kappa shape index (κ1) is 22.9. The predicted octanol–water partition coefficient (Wildman–Crippen LogP) is 3.95. The van der Waals surface area contributed by atoms with E-state index in [0.29, 0.717) is 16.9 Å². The van der Waals surface area contributed by atoms with E-state index in [9.17, 15) is 4.39 Å². The summed E-state index contributed by atoms with van der Waals surface area (Å²) in [6.45, 7) is 3.76. The fraction of sp³-hybridized carbons (Fsp3) is 0.231. The summed E-state index contributed by atoms with van der Waals surface area (Å²) in [5, 5.41) is 0.831. The summed E-state index contributed by atoms with van der Waals surface area (Å²) >= 11 is 5.78. The average Bonchev–Trinajstić information content (AvgIpc) is 2.88. The molecule has 0 atom stereocenters. The lowest BCUT2D eigenvalue weighted by Gasteiger charge is -2.39. The van der Waals surface area contributed by atoms with Gasteiger partial charge >= 0.3 is 0 Å². The highest BCUT2D eigenvalue weighted by molar-refractivity contribution is 7.80. The van der Waals surface area contributed by atoms with Crippen LogP contribution in [0.2, 0.25) is 0 Å². The van der Waals surface area contributed by atoms with Gasteiger partial charge < -0.3 is 20.4 Å². The van der Waals surface area contributed by atoms with Crippen LogP contribution in [-0.4, -0.2) is 63.1 Å². The monoisotopic (exact) mass is 487 g/mol. The number of aromatic nitrogens is 3. The van der Waals surface area contributed by atoms with E-state index in [4.69, 9.17) is 22.9 Å². The fourth-order valence-electron chi connectivity index (χ4n) is 4.29. The highest BCUT2D eigenvalue weighted by Crippen LogP contribution is 2.28. The van der Waals surface area contributed by atoms with Crippen molar-refractivity contribution in [1.29, 1.82) is 0 Å². The van der Waals surface area contributed by atoms with Gasteiger partial charge in [-0.2, -0.15) is 4.98 Å². The number of piperazine rings is 1. The van der Waals surface area contributed by atoms with Crippen LogP contribution >= 0.6 is 12.2 Å². The summed E-state index contributed by atoms with van der Waals surface area (Å²) in [6, 6.07) is 20.3. The first-order chi connectivity index (χ1) is 17.0. The van der Waals surface area contributed by atoms with Crippen molar-refractivity contribution in [1.82, 2.24) is 24.8 Å². The van der Waals surface area contributed by atoms with Crippen LogP contribution < -0.4 is 10.6 Å². The minimum atomic E-state index is -0.281. The predicted molar refractivity (Wildman–Crippen MR) is 141 cm³/mol. The molecule has 1 aliphatic heterocycles. The third kappa shape index (κ3) is 5.00. The number of thiocarbonyl (C=S) groups is 1. The van der Waals surface area contributed by atoms with Crippen LogP contribution in [0.4, 0.5) is 16.2 Å². The van der Waals surface area contributed by atoms with Gasteiger partial charge in [0.2, 0.25) is 5.95 Å². The Morgan fingerprint density at radius 2 is 1.66 bits per heavy atom. The summed E-state index contributed by atoms with van der Waals surface area (Å²) in [4.78, 5) is 20.2. The van der Waals surface area contributed by atoms with Crippen LogP contribution in [0.15, 0.2) is 66.7 Å². The fourth-order valence-corrected chi connectivity index (χ4v) is 4.54. The number of hydrogen-bond acceptors (Lipinski definition) is 6. The maximum absolute atomic E-state index is 13.4. The molecule has 2 aromatic carbocycles. The Labute approximate surface area is 209 Å². The molecule has 1 fully saturated rings. The molecule has 0 aliphatic carbocycles. The number of nitrogens with two attached hydrogens (primary N) is 1. The highest BCUT2D eigenvalue weighted by atomic mass is 32.1. The van der Waals surface area contributed by atoms with E-state index in [1.807, 2.05) is 37.4 Å². The zero-order valence-electron chi connectivity index (χ0n) is 19.4. The second-order valence-corrected chi connectivity index (χ2v) is 8.94. The van der Waals surface area contributed by atoms with Crippen molar-refractivity contribution in [3.63, 3.8) is 0 Å². The summed E-state index contributed by atoms with van der Waals surface area (Å²) in [7, 11) is 2.03. The van der Waals surface area contributed by atoms with Crippen molar-refractivity contribution in [2.75, 3.05) is 43.9 Å². The molecule has 0 saturated carbocycles. The molecular weight excluding hydrogens is 461 g/mol. The molecule has 0 spiro atoms. The molecule has 0 radical (unpaired) electrons. The van der Waals surface area contributed by atoms with Gasteiger partial charge in [-0.15, -0.1) is 0 Å². The normalized spacial score (nSPS) is 13.8. The first-order valence-corrected chi connectivity index (χ1v) is 11.9. The van der Waals surface area contributed by atoms with Gasteiger partial charge in [0.15, 0.2) is 10.9 Å². The van der Waals surface area contributed by atoms with E-state index in [1.165, 1.54) is 17.7 Å². The lowest BCUT2D eigenvalue weighted by atomic mass is 10.1. The Balaban J connectivity index is 1.34. The molecule has 7 nitrogen and oxygen atoms in total. The minimum Gasteiger partial charge on any atom is -0.368 e. The molecule has 9 heteroatoms. The van der Waals surface area contributed by atoms with Gasteiger partial charge in [-0.1, -0.05) is 30.3 Å². The molecule has 3 heterocycles. The number of fused-ring (bicyclic) bond motifs is 1. The Kier molecular flexibility index (Phi) is 6.41. The zero-order valence-corrected chi connectivity index (χ0v) is 20.2. The number of anilines is 2. The second kappa shape index (κ2) is 9.79. The zero-order chi connectivity index (χ0) is 24.4. The molecule has 0 bridgehead atoms. The highest BCUT2D eigenvalue weighted by Gasteiger charge is 2.24. The minimum absolute atomic E-state index is 0.212. The largest absolute Gasteiger partial charge is 0.368 e. The van der Waals surface area contributed by atoms with E-state index in [2.05, 4.69) is 36.8 Å². The Morgan fingerprint density at radius 1 is 0.943 bits per heavy atom. The van der Waals surface area contributed by atoms with Gasteiger partial charge in [-0.05, 0) is 54.2 Å². The van der Waals surface area contributed by atoms with Crippen molar-refractivity contribution in [2.24, 2.45) is 0 Å². The van der Waals surface area contributed by atoms with Crippen LogP contribution in [0.1, 0.15) is 5.56 Å². The molecule has 35 heavy (non-hydrogen) atoms. The maximum atomic E-state index is 13.4. The van der Waals surface area contributed by atoms with Crippen molar-refractivity contribution in [3.05, 3.63) is 78.1 Å². The van der Waals surface area contributed by atoms with Gasteiger partial charge in [-0.3, -0.25) is 0 Å². The van der Waals surface area contributed by atoms with Crippen LogP contribution in [-0.2, 0) is 6.54 Å². The van der Waals surface area contributed by atoms with Gasteiger partial charge in [0.1, 0.15) is 11.3 Å². The van der Waals surface area contributed by atoms with Crippen LogP contribution in [0, 0.1) is 5.82 Å². The third-order valence-corrected chi connectivity index (χ3v) is 6.69. The third-order valence-electron chi connectivity index (χ3n) is 6.12. The van der Waals surface area contributed by atoms with E-state index < -0.39 is 0 Å². The van der Waals surface area contributed by atoms with E-state index in [1.54, 1.807) is 12.1 Å².